The number of benzene rings is 1. The van der Waals surface area contributed by atoms with Gasteiger partial charge in [-0.3, -0.25) is 4.79 Å². The smallest absolute Gasteiger partial charge is 0.274 e. The zero-order valence-electron chi connectivity index (χ0n) is 13.8. The van der Waals surface area contributed by atoms with E-state index < -0.39 is 0 Å². The molecule has 0 saturated heterocycles. The fourth-order valence-electron chi connectivity index (χ4n) is 2.70. The second-order valence-electron chi connectivity index (χ2n) is 5.59. The molecular formula is C18H18ClN3O2. The van der Waals surface area contributed by atoms with Crippen LogP contribution in [-0.2, 0) is 6.54 Å². The minimum atomic E-state index is -0.141. The summed E-state index contributed by atoms with van der Waals surface area (Å²) in [4.78, 5) is 18.9. The molecule has 0 aliphatic carbocycles. The molecule has 1 aromatic carbocycles. The maximum Gasteiger partial charge on any atom is 0.274 e. The second-order valence-corrected chi connectivity index (χ2v) is 6.03. The number of ether oxygens (including phenoxy) is 1. The van der Waals surface area contributed by atoms with Gasteiger partial charge < -0.3 is 14.0 Å². The van der Waals surface area contributed by atoms with Crippen molar-refractivity contribution in [2.75, 3.05) is 14.2 Å². The van der Waals surface area contributed by atoms with Gasteiger partial charge in [-0.25, -0.2) is 4.98 Å². The molecule has 3 aromatic rings. The zero-order chi connectivity index (χ0) is 17.3. The number of hydrogen-bond acceptors (Lipinski definition) is 3. The lowest BCUT2D eigenvalue weighted by molar-refractivity contribution is 0.0778. The Morgan fingerprint density at radius 3 is 2.83 bits per heavy atom. The molecule has 2 aromatic heterocycles. The molecule has 2 heterocycles. The third kappa shape index (κ3) is 2.95. The van der Waals surface area contributed by atoms with E-state index in [9.17, 15) is 4.79 Å². The van der Waals surface area contributed by atoms with Gasteiger partial charge in [0.25, 0.3) is 5.91 Å². The topological polar surface area (TPSA) is 46.8 Å². The fourth-order valence-corrected chi connectivity index (χ4v) is 2.89. The van der Waals surface area contributed by atoms with E-state index in [0.29, 0.717) is 23.0 Å². The average molecular weight is 344 g/mol. The number of hydrogen-bond donors (Lipinski definition) is 0. The number of fused-ring (bicyclic) bond motifs is 1. The Labute approximate surface area is 145 Å². The highest BCUT2D eigenvalue weighted by atomic mass is 35.5. The van der Waals surface area contributed by atoms with Gasteiger partial charge in [-0.05, 0) is 37.3 Å². The molecule has 0 atom stereocenters. The van der Waals surface area contributed by atoms with Crippen molar-refractivity contribution in [3.05, 3.63) is 64.6 Å². The number of amides is 1. The predicted molar refractivity (Wildman–Crippen MR) is 93.7 cm³/mol. The lowest BCUT2D eigenvalue weighted by atomic mass is 10.2. The molecule has 3 rings (SSSR count). The maximum absolute atomic E-state index is 12.8. The van der Waals surface area contributed by atoms with Crippen LogP contribution in [0.1, 0.15) is 21.7 Å². The van der Waals surface area contributed by atoms with E-state index in [2.05, 4.69) is 4.98 Å². The number of methoxy groups -OCH3 is 1. The highest BCUT2D eigenvalue weighted by Gasteiger charge is 2.20. The number of carbonyl (C=O) groups is 1. The van der Waals surface area contributed by atoms with Gasteiger partial charge in [0.2, 0.25) is 0 Å². The highest BCUT2D eigenvalue weighted by molar-refractivity contribution is 6.30. The Morgan fingerprint density at radius 1 is 1.33 bits per heavy atom. The minimum Gasteiger partial charge on any atom is -0.496 e. The lowest BCUT2D eigenvalue weighted by Crippen LogP contribution is -2.27. The van der Waals surface area contributed by atoms with Gasteiger partial charge >= 0.3 is 0 Å². The molecule has 24 heavy (non-hydrogen) atoms. The normalized spacial score (nSPS) is 10.8. The Balaban J connectivity index is 1.89. The van der Waals surface area contributed by atoms with E-state index in [0.717, 1.165) is 16.9 Å². The van der Waals surface area contributed by atoms with Crippen LogP contribution in [0.4, 0.5) is 0 Å². The number of aryl methyl sites for hydroxylation is 1. The zero-order valence-corrected chi connectivity index (χ0v) is 14.5. The van der Waals surface area contributed by atoms with Gasteiger partial charge in [-0.2, -0.15) is 0 Å². The van der Waals surface area contributed by atoms with Crippen LogP contribution in [0, 0.1) is 6.92 Å². The van der Waals surface area contributed by atoms with Crippen molar-refractivity contribution in [1.29, 1.82) is 0 Å². The first-order valence-electron chi connectivity index (χ1n) is 7.53. The van der Waals surface area contributed by atoms with Crippen LogP contribution in [-0.4, -0.2) is 34.3 Å². The molecular weight excluding hydrogens is 326 g/mol. The summed E-state index contributed by atoms with van der Waals surface area (Å²) in [5.74, 6) is 0.559. The molecule has 0 unspecified atom stereocenters. The number of aromatic nitrogens is 2. The summed E-state index contributed by atoms with van der Waals surface area (Å²) in [6.07, 6.45) is 1.90. The number of rotatable bonds is 4. The molecule has 0 aliphatic heterocycles. The summed E-state index contributed by atoms with van der Waals surface area (Å²) in [6, 6.07) is 11.1. The quantitative estimate of drug-likeness (QED) is 0.727. The molecule has 124 valence electrons. The standard InChI is InChI=1S/C18H18ClN3O2/c1-12-17(20-16-6-4-5-9-22(12)16)18(23)21(2)11-13-10-14(19)7-8-15(13)24-3/h4-10H,11H2,1-3H3. The monoisotopic (exact) mass is 343 g/mol. The summed E-state index contributed by atoms with van der Waals surface area (Å²) in [6.45, 7) is 2.27. The van der Waals surface area contributed by atoms with Crippen molar-refractivity contribution >= 4 is 23.2 Å². The van der Waals surface area contributed by atoms with E-state index in [1.807, 2.05) is 35.7 Å². The number of imidazole rings is 1. The van der Waals surface area contributed by atoms with Crippen molar-refractivity contribution in [3.63, 3.8) is 0 Å². The Hall–Kier alpha value is -2.53. The van der Waals surface area contributed by atoms with Crippen LogP contribution in [0.25, 0.3) is 5.65 Å². The molecule has 6 heteroatoms. The van der Waals surface area contributed by atoms with Crippen molar-refractivity contribution in [2.24, 2.45) is 0 Å². The summed E-state index contributed by atoms with van der Waals surface area (Å²) >= 11 is 6.06. The van der Waals surface area contributed by atoms with Gasteiger partial charge in [-0.1, -0.05) is 17.7 Å². The first-order valence-corrected chi connectivity index (χ1v) is 7.90. The predicted octanol–water partition coefficient (Wildman–Crippen LogP) is 3.58. The van der Waals surface area contributed by atoms with Crippen LogP contribution in [0.5, 0.6) is 5.75 Å². The molecule has 0 spiro atoms. The van der Waals surface area contributed by atoms with E-state index in [4.69, 9.17) is 16.3 Å². The summed E-state index contributed by atoms with van der Waals surface area (Å²) in [5, 5.41) is 0.607. The minimum absolute atomic E-state index is 0.141. The van der Waals surface area contributed by atoms with Crippen LogP contribution in [0.3, 0.4) is 0 Å². The Kier molecular flexibility index (Phi) is 4.44. The molecule has 0 bridgehead atoms. The number of halogens is 1. The van der Waals surface area contributed by atoms with Gasteiger partial charge in [-0.15, -0.1) is 0 Å². The molecule has 0 radical (unpaired) electrons. The van der Waals surface area contributed by atoms with Crippen LogP contribution < -0.4 is 4.74 Å². The maximum atomic E-state index is 12.8. The molecule has 0 aliphatic rings. The van der Waals surface area contributed by atoms with Crippen LogP contribution in [0.2, 0.25) is 5.02 Å². The van der Waals surface area contributed by atoms with Crippen LogP contribution >= 0.6 is 11.6 Å². The van der Waals surface area contributed by atoms with E-state index in [1.54, 1.807) is 37.3 Å². The molecule has 1 amide bonds. The van der Waals surface area contributed by atoms with Crippen molar-refractivity contribution < 1.29 is 9.53 Å². The molecule has 0 fully saturated rings. The first-order chi connectivity index (χ1) is 11.5. The fraction of sp³-hybridized carbons (Fsp3) is 0.222. The molecule has 0 N–H and O–H groups in total. The van der Waals surface area contributed by atoms with Gasteiger partial charge in [0.05, 0.1) is 12.8 Å². The Morgan fingerprint density at radius 2 is 2.12 bits per heavy atom. The largest absolute Gasteiger partial charge is 0.496 e. The molecule has 0 saturated carbocycles. The van der Waals surface area contributed by atoms with Crippen molar-refractivity contribution in [2.45, 2.75) is 13.5 Å². The van der Waals surface area contributed by atoms with E-state index >= 15 is 0 Å². The average Bonchev–Trinajstić information content (AvgIpc) is 2.91. The van der Waals surface area contributed by atoms with Gasteiger partial charge in [0.1, 0.15) is 17.1 Å². The van der Waals surface area contributed by atoms with Gasteiger partial charge in [0, 0.05) is 30.4 Å². The highest BCUT2D eigenvalue weighted by Crippen LogP contribution is 2.24. The van der Waals surface area contributed by atoms with E-state index in [-0.39, 0.29) is 5.91 Å². The summed E-state index contributed by atoms with van der Waals surface area (Å²) in [5.41, 5.74) is 2.87. The summed E-state index contributed by atoms with van der Waals surface area (Å²) < 4.78 is 7.25. The van der Waals surface area contributed by atoms with Crippen LogP contribution in [0.15, 0.2) is 42.6 Å². The lowest BCUT2D eigenvalue weighted by Gasteiger charge is -2.18. The third-order valence-electron chi connectivity index (χ3n) is 3.97. The van der Waals surface area contributed by atoms with Crippen molar-refractivity contribution in [1.82, 2.24) is 14.3 Å². The van der Waals surface area contributed by atoms with Gasteiger partial charge in [0.15, 0.2) is 0 Å². The third-order valence-corrected chi connectivity index (χ3v) is 4.20. The number of nitrogens with zero attached hydrogens (tertiary/aromatic N) is 3. The summed E-state index contributed by atoms with van der Waals surface area (Å²) in [7, 11) is 3.34. The van der Waals surface area contributed by atoms with Crippen molar-refractivity contribution in [3.8, 4) is 5.75 Å². The number of carbonyl (C=O) groups excluding carboxylic acids is 1. The Bertz CT molecular complexity index is 904. The SMILES string of the molecule is COc1ccc(Cl)cc1CN(C)C(=O)c1nc2ccccn2c1C. The second kappa shape index (κ2) is 6.53. The first kappa shape index (κ1) is 16.3. The number of pyridine rings is 1. The molecule has 5 nitrogen and oxygen atoms in total. The van der Waals surface area contributed by atoms with E-state index in [1.165, 1.54) is 0 Å².